The lowest BCUT2D eigenvalue weighted by Crippen LogP contribution is -2.47. The molecule has 4 heteroatoms. The maximum Gasteiger partial charge on any atom is 0.0603 e. The van der Waals surface area contributed by atoms with Crippen molar-refractivity contribution in [3.8, 4) is 0 Å². The molecule has 3 rings (SSSR count). The molecule has 0 amide bonds. The van der Waals surface area contributed by atoms with E-state index in [1.165, 1.54) is 44.7 Å². The highest BCUT2D eigenvalue weighted by molar-refractivity contribution is 6.31. The van der Waals surface area contributed by atoms with Gasteiger partial charge in [0.2, 0.25) is 0 Å². The van der Waals surface area contributed by atoms with Crippen LogP contribution >= 0.6 is 11.6 Å². The Kier molecular flexibility index (Phi) is 7.01. The lowest BCUT2D eigenvalue weighted by Gasteiger charge is -2.44. The quantitative estimate of drug-likeness (QED) is 0.732. The fourth-order valence-corrected chi connectivity index (χ4v) is 4.63. The Balaban J connectivity index is 1.71. The van der Waals surface area contributed by atoms with E-state index >= 15 is 0 Å². The summed E-state index contributed by atoms with van der Waals surface area (Å²) in [5.74, 6) is 0.574. The van der Waals surface area contributed by atoms with E-state index in [1.807, 2.05) is 12.1 Å². The van der Waals surface area contributed by atoms with E-state index < -0.39 is 0 Å². The minimum absolute atomic E-state index is 0.307. The lowest BCUT2D eigenvalue weighted by molar-refractivity contribution is -0.0748. The van der Waals surface area contributed by atoms with E-state index in [9.17, 15) is 0 Å². The molecule has 146 valence electrons. The van der Waals surface area contributed by atoms with E-state index in [0.717, 1.165) is 30.9 Å². The van der Waals surface area contributed by atoms with Gasteiger partial charge in [-0.1, -0.05) is 43.6 Å². The zero-order valence-electron chi connectivity index (χ0n) is 16.7. The fraction of sp³-hybridized carbons (Fsp3) is 0.727. The topological polar surface area (TPSA) is 15.7 Å². The van der Waals surface area contributed by atoms with E-state index in [0.29, 0.717) is 17.4 Å². The van der Waals surface area contributed by atoms with Crippen molar-refractivity contribution in [1.82, 2.24) is 9.80 Å². The molecule has 0 aliphatic carbocycles. The maximum absolute atomic E-state index is 6.52. The van der Waals surface area contributed by atoms with Gasteiger partial charge < -0.3 is 14.5 Å². The van der Waals surface area contributed by atoms with Crippen LogP contribution in [0.25, 0.3) is 0 Å². The molecule has 0 spiro atoms. The number of nitrogens with zero attached hydrogens (tertiary/aromatic N) is 2. The van der Waals surface area contributed by atoms with Crippen LogP contribution in [0, 0.1) is 11.3 Å². The lowest BCUT2D eigenvalue weighted by atomic mass is 9.69. The molecule has 1 aromatic rings. The van der Waals surface area contributed by atoms with Crippen LogP contribution in [0.5, 0.6) is 0 Å². The summed E-state index contributed by atoms with van der Waals surface area (Å²) in [6.07, 6.45) is 5.00. The van der Waals surface area contributed by atoms with Crippen molar-refractivity contribution < 1.29 is 4.74 Å². The van der Waals surface area contributed by atoms with Crippen molar-refractivity contribution in [3.05, 3.63) is 34.9 Å². The van der Waals surface area contributed by atoms with Crippen LogP contribution in [0.3, 0.4) is 0 Å². The number of halogens is 1. The summed E-state index contributed by atoms with van der Waals surface area (Å²) in [7, 11) is 2.22. The third-order valence-electron chi connectivity index (χ3n) is 6.42. The second-order valence-corrected chi connectivity index (χ2v) is 9.18. The van der Waals surface area contributed by atoms with Crippen molar-refractivity contribution in [2.45, 2.75) is 45.6 Å². The van der Waals surface area contributed by atoms with Crippen molar-refractivity contribution in [3.63, 3.8) is 0 Å². The van der Waals surface area contributed by atoms with Crippen molar-refractivity contribution in [2.75, 3.05) is 46.4 Å². The highest BCUT2D eigenvalue weighted by atomic mass is 35.5. The normalized spacial score (nSPS) is 28.6. The van der Waals surface area contributed by atoms with Gasteiger partial charge in [0.05, 0.1) is 6.10 Å². The van der Waals surface area contributed by atoms with Gasteiger partial charge in [0.25, 0.3) is 0 Å². The van der Waals surface area contributed by atoms with Gasteiger partial charge in [0, 0.05) is 37.8 Å². The number of benzene rings is 1. The smallest absolute Gasteiger partial charge is 0.0603 e. The fourth-order valence-electron chi connectivity index (χ4n) is 4.43. The van der Waals surface area contributed by atoms with Crippen molar-refractivity contribution in [2.24, 2.45) is 11.3 Å². The first-order chi connectivity index (χ1) is 12.5. The monoisotopic (exact) mass is 378 g/mol. The number of piperazine rings is 1. The molecule has 2 saturated heterocycles. The summed E-state index contributed by atoms with van der Waals surface area (Å²) < 4.78 is 6.12. The third-order valence-corrected chi connectivity index (χ3v) is 6.79. The Morgan fingerprint density at radius 3 is 2.62 bits per heavy atom. The molecule has 0 radical (unpaired) electrons. The molecule has 3 nitrogen and oxygen atoms in total. The number of hydrogen-bond donors (Lipinski definition) is 0. The SMILES string of the molecule is CC(C)[C@@H]1C[C@@](CCN2CCN(C)CC2)(Cc2ccccc2Cl)CCO1. The van der Waals surface area contributed by atoms with Crippen LogP contribution in [0.15, 0.2) is 24.3 Å². The van der Waals surface area contributed by atoms with Gasteiger partial charge in [-0.25, -0.2) is 0 Å². The average Bonchev–Trinajstić information content (AvgIpc) is 2.63. The van der Waals surface area contributed by atoms with Gasteiger partial charge in [-0.3, -0.25) is 0 Å². The molecular formula is C22H35ClN2O. The van der Waals surface area contributed by atoms with Gasteiger partial charge in [0.15, 0.2) is 0 Å². The number of ether oxygens (including phenoxy) is 1. The maximum atomic E-state index is 6.52. The predicted octanol–water partition coefficient (Wildman–Crippen LogP) is 4.34. The second kappa shape index (κ2) is 9.05. The minimum atomic E-state index is 0.307. The molecule has 0 unspecified atom stereocenters. The summed E-state index contributed by atoms with van der Waals surface area (Å²) in [6, 6.07) is 8.39. The minimum Gasteiger partial charge on any atom is -0.378 e. The van der Waals surface area contributed by atoms with Gasteiger partial charge >= 0.3 is 0 Å². The molecule has 2 fully saturated rings. The molecule has 2 atom stereocenters. The first kappa shape index (κ1) is 20.1. The zero-order valence-corrected chi connectivity index (χ0v) is 17.5. The van der Waals surface area contributed by atoms with Gasteiger partial charge in [-0.15, -0.1) is 0 Å². The number of rotatable bonds is 6. The van der Waals surface area contributed by atoms with E-state index in [2.05, 4.69) is 42.8 Å². The summed E-state index contributed by atoms with van der Waals surface area (Å²) in [4.78, 5) is 5.08. The Hall–Kier alpha value is -0.610. The average molecular weight is 379 g/mol. The molecule has 26 heavy (non-hydrogen) atoms. The van der Waals surface area contributed by atoms with Gasteiger partial charge in [-0.2, -0.15) is 0 Å². The molecule has 0 aromatic heterocycles. The summed E-state index contributed by atoms with van der Waals surface area (Å²) >= 11 is 6.52. The molecule has 0 saturated carbocycles. The molecule has 2 heterocycles. The first-order valence-electron chi connectivity index (χ1n) is 10.2. The van der Waals surface area contributed by atoms with Crippen molar-refractivity contribution in [1.29, 1.82) is 0 Å². The Labute approximate surface area is 164 Å². The van der Waals surface area contributed by atoms with Crippen LogP contribution in [0.1, 0.15) is 38.7 Å². The third kappa shape index (κ3) is 5.22. The first-order valence-corrected chi connectivity index (χ1v) is 10.6. The van der Waals surface area contributed by atoms with Gasteiger partial charge in [0.1, 0.15) is 0 Å². The highest BCUT2D eigenvalue weighted by Crippen LogP contribution is 2.43. The second-order valence-electron chi connectivity index (χ2n) is 8.77. The number of likely N-dealkylation sites (N-methyl/N-ethyl adjacent to an activating group) is 1. The van der Waals surface area contributed by atoms with Crippen LogP contribution in [0.2, 0.25) is 5.02 Å². The van der Waals surface area contributed by atoms with Crippen LogP contribution < -0.4 is 0 Å². The highest BCUT2D eigenvalue weighted by Gasteiger charge is 2.38. The molecule has 2 aliphatic heterocycles. The molecule has 2 aliphatic rings. The van der Waals surface area contributed by atoms with Crippen LogP contribution in [-0.4, -0.2) is 62.3 Å². The van der Waals surface area contributed by atoms with Crippen LogP contribution in [0.4, 0.5) is 0 Å². The number of hydrogen-bond acceptors (Lipinski definition) is 3. The molecule has 0 bridgehead atoms. The molecule has 0 N–H and O–H groups in total. The zero-order chi connectivity index (χ0) is 18.6. The van der Waals surface area contributed by atoms with Crippen molar-refractivity contribution >= 4 is 11.6 Å². The largest absolute Gasteiger partial charge is 0.378 e. The van der Waals surface area contributed by atoms with E-state index in [1.54, 1.807) is 0 Å². The Morgan fingerprint density at radius 2 is 1.92 bits per heavy atom. The van der Waals surface area contributed by atoms with Crippen LogP contribution in [-0.2, 0) is 11.2 Å². The standard InChI is InChI=1S/C22H35ClN2O/c1-18(2)21-17-22(9-15-26-21,16-19-6-4-5-7-20(19)23)8-10-25-13-11-24(3)12-14-25/h4-7,18,21H,8-17H2,1-3H3/t21-,22+/m0/s1. The summed E-state index contributed by atoms with van der Waals surface area (Å²) in [5, 5.41) is 0.916. The van der Waals surface area contributed by atoms with E-state index in [-0.39, 0.29) is 0 Å². The molecule has 1 aromatic carbocycles. The van der Waals surface area contributed by atoms with E-state index in [4.69, 9.17) is 16.3 Å². The Bertz CT molecular complexity index is 571. The van der Waals surface area contributed by atoms with Gasteiger partial charge in [-0.05, 0) is 62.2 Å². The predicted molar refractivity (Wildman–Crippen MR) is 110 cm³/mol. The molecular weight excluding hydrogens is 344 g/mol. The Morgan fingerprint density at radius 1 is 1.19 bits per heavy atom. The summed E-state index contributed by atoms with van der Waals surface area (Å²) in [6.45, 7) is 11.4. The summed E-state index contributed by atoms with van der Waals surface area (Å²) in [5.41, 5.74) is 1.61.